The Morgan fingerprint density at radius 2 is 2.17 bits per heavy atom. The van der Waals surface area contributed by atoms with Crippen LogP contribution in [0.4, 0.5) is 0 Å². The van der Waals surface area contributed by atoms with Crippen LogP contribution in [0, 0.1) is 0 Å². The molecule has 102 valence electrons. The molecule has 0 bridgehead atoms. The summed E-state index contributed by atoms with van der Waals surface area (Å²) in [6.07, 6.45) is 1.26. The van der Waals surface area contributed by atoms with Gasteiger partial charge in [0.1, 0.15) is 5.75 Å². The van der Waals surface area contributed by atoms with E-state index in [0.29, 0.717) is 0 Å². The van der Waals surface area contributed by atoms with Gasteiger partial charge in [0.25, 0.3) is 0 Å². The lowest BCUT2D eigenvalue weighted by Crippen LogP contribution is -2.19. The third kappa shape index (κ3) is 5.38. The first-order valence-corrected chi connectivity index (χ1v) is 7.11. The highest BCUT2D eigenvalue weighted by molar-refractivity contribution is 9.10. The number of rotatable bonds is 8. The summed E-state index contributed by atoms with van der Waals surface area (Å²) < 4.78 is 11.9. The lowest BCUT2D eigenvalue weighted by atomic mass is 10.2. The van der Waals surface area contributed by atoms with Crippen LogP contribution in [0.5, 0.6) is 5.75 Å². The first-order valence-electron chi connectivity index (χ1n) is 6.32. The fraction of sp³-hybridized carbons (Fsp3) is 0.571. The van der Waals surface area contributed by atoms with E-state index in [1.807, 2.05) is 12.1 Å². The molecule has 1 rings (SSSR count). The van der Waals surface area contributed by atoms with Gasteiger partial charge in [-0.25, -0.2) is 0 Å². The zero-order valence-corrected chi connectivity index (χ0v) is 12.9. The van der Waals surface area contributed by atoms with E-state index in [1.54, 1.807) is 7.11 Å². The molecule has 0 fully saturated rings. The van der Waals surface area contributed by atoms with E-state index >= 15 is 0 Å². The smallest absolute Gasteiger partial charge is 0.120 e. The molecule has 0 amide bonds. The van der Waals surface area contributed by atoms with Crippen LogP contribution in [-0.2, 0) is 11.3 Å². The van der Waals surface area contributed by atoms with Gasteiger partial charge in [0.15, 0.2) is 0 Å². The number of methoxy groups -OCH3 is 1. The monoisotopic (exact) mass is 315 g/mol. The van der Waals surface area contributed by atoms with E-state index in [2.05, 4.69) is 41.2 Å². The summed E-state index contributed by atoms with van der Waals surface area (Å²) in [5.41, 5.74) is 1.20. The van der Waals surface area contributed by atoms with Gasteiger partial charge >= 0.3 is 0 Å². The van der Waals surface area contributed by atoms with E-state index in [9.17, 15) is 0 Å². The molecular formula is C14H22BrNO2. The first-order chi connectivity index (χ1) is 8.67. The van der Waals surface area contributed by atoms with Crippen molar-refractivity contribution >= 4 is 15.9 Å². The molecule has 1 unspecified atom stereocenters. The van der Waals surface area contributed by atoms with Crippen molar-refractivity contribution in [3.63, 3.8) is 0 Å². The summed E-state index contributed by atoms with van der Waals surface area (Å²) in [5, 5.41) is 3.33. The predicted octanol–water partition coefficient (Wildman–Crippen LogP) is 3.36. The quantitative estimate of drug-likeness (QED) is 0.746. The molecular weight excluding hydrogens is 294 g/mol. The Kier molecular flexibility index (Phi) is 7.32. The Bertz CT molecular complexity index is 358. The van der Waals surface area contributed by atoms with Crippen molar-refractivity contribution in [2.45, 2.75) is 32.9 Å². The minimum absolute atomic E-state index is 0.250. The van der Waals surface area contributed by atoms with Crippen LogP contribution in [0.3, 0.4) is 0 Å². The molecule has 1 N–H and O–H groups in total. The molecule has 0 heterocycles. The Hall–Kier alpha value is -0.580. The van der Waals surface area contributed by atoms with E-state index in [-0.39, 0.29) is 6.10 Å². The lowest BCUT2D eigenvalue weighted by Gasteiger charge is -2.14. The second kappa shape index (κ2) is 8.51. The third-order valence-electron chi connectivity index (χ3n) is 2.73. The van der Waals surface area contributed by atoms with E-state index < -0.39 is 0 Å². The fourth-order valence-electron chi connectivity index (χ4n) is 1.47. The van der Waals surface area contributed by atoms with E-state index in [0.717, 1.165) is 36.3 Å². The summed E-state index contributed by atoms with van der Waals surface area (Å²) in [5.74, 6) is 0.927. The highest BCUT2D eigenvalue weighted by atomic mass is 79.9. The van der Waals surface area contributed by atoms with Crippen molar-refractivity contribution in [2.24, 2.45) is 0 Å². The predicted molar refractivity (Wildman–Crippen MR) is 78.1 cm³/mol. The largest absolute Gasteiger partial charge is 0.491 e. The molecule has 1 atom stereocenters. The minimum atomic E-state index is 0.250. The average molecular weight is 316 g/mol. The zero-order valence-electron chi connectivity index (χ0n) is 11.3. The topological polar surface area (TPSA) is 30.5 Å². The second-order valence-electron chi connectivity index (χ2n) is 4.26. The molecule has 3 nitrogen and oxygen atoms in total. The maximum Gasteiger partial charge on any atom is 0.120 e. The molecule has 0 aliphatic rings. The van der Waals surface area contributed by atoms with Crippen molar-refractivity contribution in [1.82, 2.24) is 5.32 Å². The van der Waals surface area contributed by atoms with Crippen molar-refractivity contribution in [1.29, 1.82) is 0 Å². The maximum atomic E-state index is 5.81. The van der Waals surface area contributed by atoms with Crippen LogP contribution < -0.4 is 10.1 Å². The van der Waals surface area contributed by atoms with E-state index in [1.165, 1.54) is 5.56 Å². The number of hydrogen-bond donors (Lipinski definition) is 1. The Morgan fingerprint density at radius 1 is 1.39 bits per heavy atom. The van der Waals surface area contributed by atoms with Crippen molar-refractivity contribution in [2.75, 3.05) is 20.3 Å². The van der Waals surface area contributed by atoms with Crippen molar-refractivity contribution in [3.05, 3.63) is 28.2 Å². The van der Waals surface area contributed by atoms with Crippen LogP contribution in [0.25, 0.3) is 0 Å². The minimum Gasteiger partial charge on any atom is -0.491 e. The molecule has 4 heteroatoms. The van der Waals surface area contributed by atoms with Gasteiger partial charge in [0.05, 0.1) is 12.7 Å². The zero-order chi connectivity index (χ0) is 13.4. The molecule has 0 saturated carbocycles. The Labute approximate surface area is 118 Å². The van der Waals surface area contributed by atoms with Gasteiger partial charge in [-0.1, -0.05) is 22.9 Å². The van der Waals surface area contributed by atoms with Crippen LogP contribution in [-0.4, -0.2) is 26.4 Å². The van der Waals surface area contributed by atoms with Crippen LogP contribution in [0.1, 0.15) is 25.8 Å². The summed E-state index contributed by atoms with van der Waals surface area (Å²) >= 11 is 3.56. The molecule has 1 aromatic carbocycles. The first kappa shape index (κ1) is 15.5. The number of benzene rings is 1. The van der Waals surface area contributed by atoms with E-state index in [4.69, 9.17) is 9.47 Å². The van der Waals surface area contributed by atoms with Crippen LogP contribution in [0.2, 0.25) is 0 Å². The van der Waals surface area contributed by atoms with Gasteiger partial charge in [0.2, 0.25) is 0 Å². The highest BCUT2D eigenvalue weighted by Crippen LogP contribution is 2.23. The highest BCUT2D eigenvalue weighted by Gasteiger charge is 2.05. The molecule has 0 aliphatic carbocycles. The van der Waals surface area contributed by atoms with Crippen LogP contribution >= 0.6 is 15.9 Å². The van der Waals surface area contributed by atoms with Crippen molar-refractivity contribution < 1.29 is 9.47 Å². The SMILES string of the molecule is CCC(C)Oc1ccc(Br)c(CNCCOC)c1. The summed E-state index contributed by atoms with van der Waals surface area (Å²) in [6, 6.07) is 6.11. The summed E-state index contributed by atoms with van der Waals surface area (Å²) in [7, 11) is 1.71. The Morgan fingerprint density at radius 3 is 2.83 bits per heavy atom. The van der Waals surface area contributed by atoms with Gasteiger partial charge in [-0.3, -0.25) is 0 Å². The molecule has 0 radical (unpaired) electrons. The molecule has 1 aromatic rings. The second-order valence-corrected chi connectivity index (χ2v) is 5.11. The maximum absolute atomic E-state index is 5.81. The summed E-state index contributed by atoms with van der Waals surface area (Å²) in [4.78, 5) is 0. The third-order valence-corrected chi connectivity index (χ3v) is 3.50. The number of halogens is 1. The Balaban J connectivity index is 2.57. The summed E-state index contributed by atoms with van der Waals surface area (Å²) in [6.45, 7) is 6.58. The molecule has 0 spiro atoms. The molecule has 0 aromatic heterocycles. The number of hydrogen-bond acceptors (Lipinski definition) is 3. The van der Waals surface area contributed by atoms with Gasteiger partial charge in [-0.2, -0.15) is 0 Å². The van der Waals surface area contributed by atoms with Gasteiger partial charge in [0, 0.05) is 24.7 Å². The fourth-order valence-corrected chi connectivity index (χ4v) is 1.86. The van der Waals surface area contributed by atoms with Crippen LogP contribution in [0.15, 0.2) is 22.7 Å². The van der Waals surface area contributed by atoms with Gasteiger partial charge in [-0.05, 0) is 37.1 Å². The van der Waals surface area contributed by atoms with Crippen molar-refractivity contribution in [3.8, 4) is 5.75 Å². The normalized spacial score (nSPS) is 12.4. The molecule has 0 aliphatic heterocycles. The average Bonchev–Trinajstić information content (AvgIpc) is 2.38. The molecule has 0 saturated heterocycles. The number of nitrogens with one attached hydrogen (secondary N) is 1. The standard InChI is InChI=1S/C14H22BrNO2/c1-4-11(2)18-13-5-6-14(15)12(9-13)10-16-7-8-17-3/h5-6,9,11,16H,4,7-8,10H2,1-3H3. The lowest BCUT2D eigenvalue weighted by molar-refractivity contribution is 0.199. The molecule has 18 heavy (non-hydrogen) atoms. The number of ether oxygens (including phenoxy) is 2. The van der Waals surface area contributed by atoms with Gasteiger partial charge < -0.3 is 14.8 Å². The van der Waals surface area contributed by atoms with Gasteiger partial charge in [-0.15, -0.1) is 0 Å².